The summed E-state index contributed by atoms with van der Waals surface area (Å²) in [6, 6.07) is 5.81. The highest BCUT2D eigenvalue weighted by Gasteiger charge is 2.14. The minimum absolute atomic E-state index is 0.338. The molecule has 1 aromatic heterocycles. The third-order valence-electron chi connectivity index (χ3n) is 2.81. The standard InChI is InChI=1S/C15H16F2N2O/c1-3-18-9-11-7-12(16)15(13(17)8-11)20-14-5-4-6-19-10(14)2/h4-8,18H,3,9H2,1-2H3. The molecule has 0 aliphatic rings. The molecule has 1 heterocycles. The molecule has 0 spiro atoms. The average molecular weight is 278 g/mol. The van der Waals surface area contributed by atoms with Gasteiger partial charge in [-0.25, -0.2) is 8.78 Å². The molecule has 0 saturated heterocycles. The smallest absolute Gasteiger partial charge is 0.198 e. The quantitative estimate of drug-likeness (QED) is 0.908. The number of aryl methyl sites for hydroxylation is 1. The van der Waals surface area contributed by atoms with E-state index in [9.17, 15) is 8.78 Å². The van der Waals surface area contributed by atoms with Crippen LogP contribution in [0.3, 0.4) is 0 Å². The second kappa shape index (κ2) is 6.43. The predicted octanol–water partition coefficient (Wildman–Crippen LogP) is 3.57. The molecule has 106 valence electrons. The van der Waals surface area contributed by atoms with Gasteiger partial charge in [-0.2, -0.15) is 0 Å². The Morgan fingerprint density at radius 1 is 1.25 bits per heavy atom. The van der Waals surface area contributed by atoms with E-state index in [2.05, 4.69) is 10.3 Å². The fourth-order valence-electron chi connectivity index (χ4n) is 1.77. The number of pyridine rings is 1. The number of ether oxygens (including phenoxy) is 1. The summed E-state index contributed by atoms with van der Waals surface area (Å²) in [5.41, 5.74) is 1.11. The molecule has 1 aromatic carbocycles. The van der Waals surface area contributed by atoms with Crippen molar-refractivity contribution in [3.8, 4) is 11.5 Å². The molecule has 1 N–H and O–H groups in total. The van der Waals surface area contributed by atoms with E-state index >= 15 is 0 Å². The molecule has 0 bridgehead atoms. The number of halogens is 2. The summed E-state index contributed by atoms with van der Waals surface area (Å²) in [6.45, 7) is 4.78. The van der Waals surface area contributed by atoms with Gasteiger partial charge in [0, 0.05) is 12.7 Å². The molecule has 2 aromatic rings. The highest BCUT2D eigenvalue weighted by molar-refractivity contribution is 5.37. The molecule has 0 unspecified atom stereocenters. The lowest BCUT2D eigenvalue weighted by atomic mass is 10.2. The third kappa shape index (κ3) is 3.30. The Kier molecular flexibility index (Phi) is 4.63. The first-order valence-corrected chi connectivity index (χ1v) is 6.40. The number of nitrogens with zero attached hydrogens (tertiary/aromatic N) is 1. The van der Waals surface area contributed by atoms with Crippen LogP contribution in [0.5, 0.6) is 11.5 Å². The third-order valence-corrected chi connectivity index (χ3v) is 2.81. The zero-order chi connectivity index (χ0) is 14.5. The Morgan fingerprint density at radius 3 is 2.55 bits per heavy atom. The Bertz CT molecular complexity index is 579. The van der Waals surface area contributed by atoms with Gasteiger partial charge in [0.05, 0.1) is 5.69 Å². The first-order valence-electron chi connectivity index (χ1n) is 6.40. The van der Waals surface area contributed by atoms with E-state index in [0.29, 0.717) is 23.6 Å². The first-order chi connectivity index (χ1) is 9.61. The molecule has 0 radical (unpaired) electrons. The maximum atomic E-state index is 13.9. The molecule has 5 heteroatoms. The van der Waals surface area contributed by atoms with Crippen molar-refractivity contribution in [2.45, 2.75) is 20.4 Å². The molecule has 20 heavy (non-hydrogen) atoms. The molecule has 2 rings (SSSR count). The summed E-state index contributed by atoms with van der Waals surface area (Å²) in [6.07, 6.45) is 1.59. The van der Waals surface area contributed by atoms with Crippen molar-refractivity contribution in [2.24, 2.45) is 0 Å². The van der Waals surface area contributed by atoms with Gasteiger partial charge >= 0.3 is 0 Å². The largest absolute Gasteiger partial charge is 0.449 e. The lowest BCUT2D eigenvalue weighted by Crippen LogP contribution is -2.12. The molecule has 3 nitrogen and oxygen atoms in total. The van der Waals surface area contributed by atoms with Gasteiger partial charge in [0.2, 0.25) is 0 Å². The van der Waals surface area contributed by atoms with E-state index in [4.69, 9.17) is 4.74 Å². The van der Waals surface area contributed by atoms with Gasteiger partial charge in [0.25, 0.3) is 0 Å². The number of hydrogen-bond donors (Lipinski definition) is 1. The second-order valence-electron chi connectivity index (χ2n) is 4.36. The van der Waals surface area contributed by atoms with Gasteiger partial charge in [-0.05, 0) is 43.3 Å². The maximum absolute atomic E-state index is 13.9. The Morgan fingerprint density at radius 2 is 1.95 bits per heavy atom. The molecule has 0 aliphatic carbocycles. The lowest BCUT2D eigenvalue weighted by molar-refractivity contribution is 0.402. The van der Waals surface area contributed by atoms with Gasteiger partial charge in [-0.3, -0.25) is 4.98 Å². The normalized spacial score (nSPS) is 10.6. The zero-order valence-electron chi connectivity index (χ0n) is 11.4. The molecule has 0 saturated carbocycles. The van der Waals surface area contributed by atoms with Gasteiger partial charge in [-0.1, -0.05) is 6.92 Å². The number of hydrogen-bond acceptors (Lipinski definition) is 3. The Hall–Kier alpha value is -2.01. The molecular weight excluding hydrogens is 262 g/mol. The van der Waals surface area contributed by atoms with Crippen LogP contribution in [0.1, 0.15) is 18.2 Å². The van der Waals surface area contributed by atoms with Crippen LogP contribution in [0.2, 0.25) is 0 Å². The van der Waals surface area contributed by atoms with Crippen LogP contribution in [0, 0.1) is 18.6 Å². The van der Waals surface area contributed by atoms with Crippen molar-refractivity contribution in [2.75, 3.05) is 6.54 Å². The zero-order valence-corrected chi connectivity index (χ0v) is 11.4. The van der Waals surface area contributed by atoms with Crippen LogP contribution in [0.4, 0.5) is 8.78 Å². The molecule has 0 amide bonds. The fourth-order valence-corrected chi connectivity index (χ4v) is 1.77. The number of nitrogens with one attached hydrogen (secondary N) is 1. The van der Waals surface area contributed by atoms with Crippen molar-refractivity contribution in [3.63, 3.8) is 0 Å². The average Bonchev–Trinajstić information content (AvgIpc) is 2.42. The fraction of sp³-hybridized carbons (Fsp3) is 0.267. The van der Waals surface area contributed by atoms with Crippen LogP contribution < -0.4 is 10.1 Å². The summed E-state index contributed by atoms with van der Waals surface area (Å²) in [5.74, 6) is -1.51. The highest BCUT2D eigenvalue weighted by atomic mass is 19.1. The Labute approximate surface area is 116 Å². The summed E-state index contributed by atoms with van der Waals surface area (Å²) in [7, 11) is 0. The minimum Gasteiger partial charge on any atom is -0.449 e. The lowest BCUT2D eigenvalue weighted by Gasteiger charge is -2.11. The second-order valence-corrected chi connectivity index (χ2v) is 4.36. The van der Waals surface area contributed by atoms with Crippen LogP contribution in [-0.2, 0) is 6.54 Å². The minimum atomic E-state index is -0.721. The van der Waals surface area contributed by atoms with E-state index in [1.807, 2.05) is 6.92 Å². The van der Waals surface area contributed by atoms with Crippen molar-refractivity contribution >= 4 is 0 Å². The Balaban J connectivity index is 2.27. The number of aromatic nitrogens is 1. The maximum Gasteiger partial charge on any atom is 0.198 e. The van der Waals surface area contributed by atoms with Crippen LogP contribution in [0.25, 0.3) is 0 Å². The van der Waals surface area contributed by atoms with Gasteiger partial charge in [-0.15, -0.1) is 0 Å². The topological polar surface area (TPSA) is 34.1 Å². The number of benzene rings is 1. The molecule has 0 fully saturated rings. The summed E-state index contributed by atoms with van der Waals surface area (Å²) >= 11 is 0. The monoisotopic (exact) mass is 278 g/mol. The van der Waals surface area contributed by atoms with E-state index in [1.54, 1.807) is 25.3 Å². The number of rotatable bonds is 5. The van der Waals surface area contributed by atoms with E-state index in [-0.39, 0.29) is 0 Å². The first kappa shape index (κ1) is 14.4. The van der Waals surface area contributed by atoms with Crippen LogP contribution in [-0.4, -0.2) is 11.5 Å². The van der Waals surface area contributed by atoms with Crippen molar-refractivity contribution in [1.29, 1.82) is 0 Å². The summed E-state index contributed by atoms with van der Waals surface area (Å²) in [4.78, 5) is 4.01. The van der Waals surface area contributed by atoms with Crippen LogP contribution in [0.15, 0.2) is 30.5 Å². The summed E-state index contributed by atoms with van der Waals surface area (Å²) in [5, 5.41) is 3.01. The molecular formula is C15H16F2N2O. The van der Waals surface area contributed by atoms with Gasteiger partial charge < -0.3 is 10.1 Å². The molecule has 0 atom stereocenters. The highest BCUT2D eigenvalue weighted by Crippen LogP contribution is 2.29. The van der Waals surface area contributed by atoms with E-state index in [1.165, 1.54) is 12.1 Å². The van der Waals surface area contributed by atoms with Crippen molar-refractivity contribution < 1.29 is 13.5 Å². The summed E-state index contributed by atoms with van der Waals surface area (Å²) < 4.78 is 33.2. The van der Waals surface area contributed by atoms with Crippen LogP contribution >= 0.6 is 0 Å². The van der Waals surface area contributed by atoms with E-state index in [0.717, 1.165) is 6.54 Å². The SMILES string of the molecule is CCNCc1cc(F)c(Oc2cccnc2C)c(F)c1. The molecule has 0 aliphatic heterocycles. The van der Waals surface area contributed by atoms with Crippen molar-refractivity contribution in [3.05, 3.63) is 53.4 Å². The van der Waals surface area contributed by atoms with Gasteiger partial charge in [0.15, 0.2) is 17.4 Å². The van der Waals surface area contributed by atoms with E-state index < -0.39 is 17.4 Å². The predicted molar refractivity (Wildman–Crippen MR) is 72.8 cm³/mol. The van der Waals surface area contributed by atoms with Crippen molar-refractivity contribution in [1.82, 2.24) is 10.3 Å². The van der Waals surface area contributed by atoms with Gasteiger partial charge in [0.1, 0.15) is 5.75 Å².